The van der Waals surface area contributed by atoms with Crippen molar-refractivity contribution in [1.82, 2.24) is 4.90 Å². The summed E-state index contributed by atoms with van der Waals surface area (Å²) in [5.74, 6) is -0.447. The SMILES string of the molecule is CCOc1ccc(/C=C2\SC(=S)N(CCC(=O)Nc3ccc([N+](=O)[O-])cc3O)C2=O)cc1. The molecule has 0 aliphatic carbocycles. The van der Waals surface area contributed by atoms with Crippen LogP contribution >= 0.6 is 24.0 Å². The van der Waals surface area contributed by atoms with E-state index in [-0.39, 0.29) is 30.2 Å². The fourth-order valence-corrected chi connectivity index (χ4v) is 4.15. The molecular formula is C21H19N3O6S2. The lowest BCUT2D eigenvalue weighted by Gasteiger charge is -2.14. The third kappa shape index (κ3) is 5.62. The number of carbonyl (C=O) groups excluding carboxylic acids is 2. The van der Waals surface area contributed by atoms with Crippen LogP contribution in [0.2, 0.25) is 0 Å². The number of hydrogen-bond donors (Lipinski definition) is 2. The van der Waals surface area contributed by atoms with E-state index >= 15 is 0 Å². The highest BCUT2D eigenvalue weighted by Gasteiger charge is 2.32. The van der Waals surface area contributed by atoms with Crippen LogP contribution in [0.3, 0.4) is 0 Å². The molecule has 0 spiro atoms. The van der Waals surface area contributed by atoms with Gasteiger partial charge in [0.25, 0.3) is 11.6 Å². The number of thioether (sulfide) groups is 1. The average molecular weight is 474 g/mol. The molecule has 11 heteroatoms. The Kier molecular flexibility index (Phi) is 7.44. The Morgan fingerprint density at radius 1 is 1.31 bits per heavy atom. The summed E-state index contributed by atoms with van der Waals surface area (Å²) in [6, 6.07) is 10.7. The maximum Gasteiger partial charge on any atom is 0.273 e. The van der Waals surface area contributed by atoms with Gasteiger partial charge in [0, 0.05) is 19.0 Å². The monoisotopic (exact) mass is 473 g/mol. The zero-order chi connectivity index (χ0) is 23.3. The molecular weight excluding hydrogens is 454 g/mol. The number of ether oxygens (including phenoxy) is 1. The molecule has 0 radical (unpaired) electrons. The van der Waals surface area contributed by atoms with Crippen molar-refractivity contribution in [2.45, 2.75) is 13.3 Å². The molecule has 1 aliphatic rings. The number of nitro groups is 1. The van der Waals surface area contributed by atoms with Crippen LogP contribution in [0.1, 0.15) is 18.9 Å². The van der Waals surface area contributed by atoms with Crippen molar-refractivity contribution < 1.29 is 24.4 Å². The average Bonchev–Trinajstić information content (AvgIpc) is 3.02. The number of amides is 2. The van der Waals surface area contributed by atoms with Gasteiger partial charge in [-0.2, -0.15) is 0 Å². The Hall–Kier alpha value is -3.44. The van der Waals surface area contributed by atoms with Crippen molar-refractivity contribution in [2.75, 3.05) is 18.5 Å². The van der Waals surface area contributed by atoms with Gasteiger partial charge in [-0.05, 0) is 36.8 Å². The summed E-state index contributed by atoms with van der Waals surface area (Å²) in [4.78, 5) is 36.8. The van der Waals surface area contributed by atoms with E-state index in [1.165, 1.54) is 17.0 Å². The number of nitrogens with one attached hydrogen (secondary N) is 1. The third-order valence-electron chi connectivity index (χ3n) is 4.39. The van der Waals surface area contributed by atoms with Crippen LogP contribution in [0.4, 0.5) is 11.4 Å². The number of benzene rings is 2. The highest BCUT2D eigenvalue weighted by Crippen LogP contribution is 2.33. The summed E-state index contributed by atoms with van der Waals surface area (Å²) in [5, 5.41) is 23.0. The molecule has 1 aliphatic heterocycles. The third-order valence-corrected chi connectivity index (χ3v) is 5.77. The van der Waals surface area contributed by atoms with E-state index in [9.17, 15) is 24.8 Å². The van der Waals surface area contributed by atoms with Crippen LogP contribution in [0, 0.1) is 10.1 Å². The van der Waals surface area contributed by atoms with Crippen LogP contribution in [0.15, 0.2) is 47.4 Å². The normalized spacial score (nSPS) is 14.7. The summed E-state index contributed by atoms with van der Waals surface area (Å²) in [7, 11) is 0. The highest BCUT2D eigenvalue weighted by molar-refractivity contribution is 8.26. The number of carbonyl (C=O) groups is 2. The molecule has 0 unspecified atom stereocenters. The van der Waals surface area contributed by atoms with Crippen molar-refractivity contribution in [1.29, 1.82) is 0 Å². The zero-order valence-corrected chi connectivity index (χ0v) is 18.6. The number of phenols is 1. The van der Waals surface area contributed by atoms with Gasteiger partial charge in [-0.3, -0.25) is 24.6 Å². The van der Waals surface area contributed by atoms with Gasteiger partial charge in [0.15, 0.2) is 0 Å². The zero-order valence-electron chi connectivity index (χ0n) is 16.9. The van der Waals surface area contributed by atoms with Gasteiger partial charge in [0.2, 0.25) is 5.91 Å². The number of non-ortho nitro benzene ring substituents is 1. The predicted molar refractivity (Wildman–Crippen MR) is 125 cm³/mol. The van der Waals surface area contributed by atoms with E-state index in [1.54, 1.807) is 6.08 Å². The predicted octanol–water partition coefficient (Wildman–Crippen LogP) is 3.93. The molecule has 9 nitrogen and oxygen atoms in total. The van der Waals surface area contributed by atoms with E-state index in [0.717, 1.165) is 29.1 Å². The second-order valence-electron chi connectivity index (χ2n) is 6.59. The van der Waals surface area contributed by atoms with Crippen molar-refractivity contribution in [2.24, 2.45) is 0 Å². The van der Waals surface area contributed by atoms with E-state index < -0.39 is 16.6 Å². The number of anilines is 1. The fraction of sp³-hybridized carbons (Fsp3) is 0.190. The lowest BCUT2D eigenvalue weighted by molar-refractivity contribution is -0.384. The minimum atomic E-state index is -0.651. The number of phenolic OH excluding ortho intramolecular Hbond substituents is 1. The summed E-state index contributed by atoms with van der Waals surface area (Å²) < 4.78 is 5.75. The summed E-state index contributed by atoms with van der Waals surface area (Å²) >= 11 is 6.43. The fourth-order valence-electron chi connectivity index (χ4n) is 2.84. The molecule has 0 aromatic heterocycles. The standard InChI is InChI=1S/C21H19N3O6S2/c1-2-30-15-6-3-13(4-7-15)11-18-20(27)23(21(31)32-18)10-9-19(26)22-16-8-5-14(24(28)29)12-17(16)25/h3-8,11-12,25H,2,9-10H2,1H3,(H,22,26)/b18-11-. The topological polar surface area (TPSA) is 122 Å². The largest absolute Gasteiger partial charge is 0.506 e. The second kappa shape index (κ2) is 10.2. The first-order chi connectivity index (χ1) is 15.3. The summed E-state index contributed by atoms with van der Waals surface area (Å²) in [5.41, 5.74) is 0.569. The smallest absolute Gasteiger partial charge is 0.273 e. The molecule has 1 fully saturated rings. The van der Waals surface area contributed by atoms with Gasteiger partial charge in [0.1, 0.15) is 15.8 Å². The van der Waals surface area contributed by atoms with Gasteiger partial charge in [0.05, 0.1) is 28.2 Å². The molecule has 0 bridgehead atoms. The van der Waals surface area contributed by atoms with Crippen LogP contribution in [0.25, 0.3) is 6.08 Å². The quantitative estimate of drug-likeness (QED) is 0.194. The number of nitro benzene ring substituents is 1. The van der Waals surface area contributed by atoms with Crippen LogP contribution in [-0.2, 0) is 9.59 Å². The Balaban J connectivity index is 1.59. The molecule has 2 amide bonds. The first-order valence-electron chi connectivity index (χ1n) is 9.54. The Morgan fingerprint density at radius 3 is 2.66 bits per heavy atom. The van der Waals surface area contributed by atoms with Crippen molar-refractivity contribution in [3.05, 3.63) is 63.0 Å². The number of nitrogens with zero attached hydrogens (tertiary/aromatic N) is 2. The van der Waals surface area contributed by atoms with Crippen LogP contribution < -0.4 is 10.1 Å². The first kappa shape index (κ1) is 23.2. The van der Waals surface area contributed by atoms with Gasteiger partial charge < -0.3 is 15.2 Å². The minimum Gasteiger partial charge on any atom is -0.506 e. The molecule has 32 heavy (non-hydrogen) atoms. The lowest BCUT2D eigenvalue weighted by Crippen LogP contribution is -2.31. The van der Waals surface area contributed by atoms with Crippen LogP contribution in [0.5, 0.6) is 11.5 Å². The van der Waals surface area contributed by atoms with E-state index in [0.29, 0.717) is 15.8 Å². The molecule has 2 aromatic carbocycles. The molecule has 3 rings (SSSR count). The molecule has 0 atom stereocenters. The van der Waals surface area contributed by atoms with Crippen molar-refractivity contribution >= 4 is 57.6 Å². The number of hydrogen-bond acceptors (Lipinski definition) is 8. The molecule has 1 heterocycles. The van der Waals surface area contributed by atoms with Crippen molar-refractivity contribution in [3.63, 3.8) is 0 Å². The first-order valence-corrected chi connectivity index (χ1v) is 10.8. The second-order valence-corrected chi connectivity index (χ2v) is 8.27. The Labute approximate surface area is 193 Å². The summed E-state index contributed by atoms with van der Waals surface area (Å²) in [6.07, 6.45) is 1.66. The molecule has 166 valence electrons. The number of rotatable bonds is 8. The summed E-state index contributed by atoms with van der Waals surface area (Å²) in [6.45, 7) is 2.52. The molecule has 1 saturated heterocycles. The molecule has 2 aromatic rings. The highest BCUT2D eigenvalue weighted by atomic mass is 32.2. The van der Waals surface area contributed by atoms with Gasteiger partial charge in [-0.15, -0.1) is 0 Å². The van der Waals surface area contributed by atoms with Crippen molar-refractivity contribution in [3.8, 4) is 11.5 Å². The molecule has 2 N–H and O–H groups in total. The minimum absolute atomic E-state index is 0.0429. The van der Waals surface area contributed by atoms with E-state index in [1.807, 2.05) is 31.2 Å². The lowest BCUT2D eigenvalue weighted by atomic mass is 10.2. The Bertz CT molecular complexity index is 1100. The van der Waals surface area contributed by atoms with Gasteiger partial charge in [-0.1, -0.05) is 36.1 Å². The van der Waals surface area contributed by atoms with E-state index in [2.05, 4.69) is 5.32 Å². The molecule has 0 saturated carbocycles. The number of thiocarbonyl (C=S) groups is 1. The van der Waals surface area contributed by atoms with E-state index in [4.69, 9.17) is 17.0 Å². The Morgan fingerprint density at radius 2 is 2.03 bits per heavy atom. The van der Waals surface area contributed by atoms with Crippen LogP contribution in [-0.4, -0.2) is 44.2 Å². The number of aromatic hydroxyl groups is 1. The van der Waals surface area contributed by atoms with Gasteiger partial charge >= 0.3 is 0 Å². The maximum absolute atomic E-state index is 12.7. The van der Waals surface area contributed by atoms with Gasteiger partial charge in [-0.25, -0.2) is 0 Å². The maximum atomic E-state index is 12.7.